The lowest BCUT2D eigenvalue weighted by Crippen LogP contribution is -2.28. The normalized spacial score (nSPS) is 11.5. The number of furan rings is 1. The van der Waals surface area contributed by atoms with Gasteiger partial charge in [-0.15, -0.1) is 0 Å². The van der Waals surface area contributed by atoms with Crippen LogP contribution in [-0.2, 0) is 12.8 Å². The van der Waals surface area contributed by atoms with Crippen molar-refractivity contribution in [1.82, 2.24) is 0 Å². The summed E-state index contributed by atoms with van der Waals surface area (Å²) in [7, 11) is 0. The second kappa shape index (κ2) is 8.46. The molecule has 3 heteroatoms. The van der Waals surface area contributed by atoms with Crippen LogP contribution in [0.1, 0.15) is 43.6 Å². The van der Waals surface area contributed by atoms with Crippen molar-refractivity contribution in [2.75, 3.05) is 0 Å². The van der Waals surface area contributed by atoms with E-state index in [0.29, 0.717) is 0 Å². The largest absolute Gasteiger partial charge is 0.488 e. The number of aryl methyl sites for hydroxylation is 1. The van der Waals surface area contributed by atoms with Crippen molar-refractivity contribution in [1.29, 1.82) is 0 Å². The maximum absolute atomic E-state index is 6.10. The van der Waals surface area contributed by atoms with Crippen molar-refractivity contribution in [3.05, 3.63) is 88.8 Å². The van der Waals surface area contributed by atoms with Gasteiger partial charge >= 0.3 is 0 Å². The Kier molecular flexibility index (Phi) is 6.05. The summed E-state index contributed by atoms with van der Waals surface area (Å²) >= 11 is 5.92. The average molecular weight is 369 g/mol. The summed E-state index contributed by atoms with van der Waals surface area (Å²) in [6, 6.07) is 20.1. The molecule has 2 nitrogen and oxygen atoms in total. The Bertz CT molecular complexity index is 804. The quantitative estimate of drug-likeness (QED) is 0.441. The second-order valence-corrected chi connectivity index (χ2v) is 7.69. The fourth-order valence-electron chi connectivity index (χ4n) is 3.04. The molecule has 136 valence electrons. The molecule has 1 aromatic heterocycles. The summed E-state index contributed by atoms with van der Waals surface area (Å²) in [5.41, 5.74) is 2.30. The molecular weight excluding hydrogens is 344 g/mol. The van der Waals surface area contributed by atoms with E-state index in [0.717, 1.165) is 42.2 Å². The predicted octanol–water partition coefficient (Wildman–Crippen LogP) is 6.70. The molecule has 0 fully saturated rings. The van der Waals surface area contributed by atoms with E-state index < -0.39 is 0 Å². The summed E-state index contributed by atoms with van der Waals surface area (Å²) in [4.78, 5) is 0. The van der Waals surface area contributed by atoms with Gasteiger partial charge in [-0.05, 0) is 74.6 Å². The van der Waals surface area contributed by atoms with Gasteiger partial charge in [0.25, 0.3) is 0 Å². The minimum absolute atomic E-state index is 0.218. The molecule has 0 amide bonds. The topological polar surface area (TPSA) is 22.4 Å². The number of hydrogen-bond donors (Lipinski definition) is 0. The van der Waals surface area contributed by atoms with Crippen molar-refractivity contribution in [2.24, 2.45) is 0 Å². The number of rotatable bonds is 8. The van der Waals surface area contributed by atoms with Crippen LogP contribution in [0.4, 0.5) is 0 Å². The van der Waals surface area contributed by atoms with Crippen LogP contribution in [-0.4, -0.2) is 5.60 Å². The maximum Gasteiger partial charge on any atom is 0.120 e. The summed E-state index contributed by atoms with van der Waals surface area (Å²) in [5, 5.41) is 0.724. The van der Waals surface area contributed by atoms with E-state index in [9.17, 15) is 0 Å². The molecule has 0 unspecified atom stereocenters. The molecule has 0 aliphatic heterocycles. The molecule has 3 rings (SSSR count). The molecule has 0 saturated heterocycles. The van der Waals surface area contributed by atoms with Gasteiger partial charge in [-0.2, -0.15) is 0 Å². The molecule has 0 aliphatic carbocycles. The summed E-state index contributed by atoms with van der Waals surface area (Å²) in [6.07, 6.45) is 5.72. The fraction of sp³-hybridized carbons (Fsp3) is 0.304. The van der Waals surface area contributed by atoms with Gasteiger partial charge in [0.1, 0.15) is 17.1 Å². The van der Waals surface area contributed by atoms with Gasteiger partial charge in [0, 0.05) is 11.4 Å². The predicted molar refractivity (Wildman–Crippen MR) is 107 cm³/mol. The van der Waals surface area contributed by atoms with Crippen molar-refractivity contribution >= 4 is 11.6 Å². The smallest absolute Gasteiger partial charge is 0.120 e. The number of hydrogen-bond acceptors (Lipinski definition) is 2. The average Bonchev–Trinajstić information content (AvgIpc) is 3.05. The van der Waals surface area contributed by atoms with Crippen LogP contribution in [0.3, 0.4) is 0 Å². The van der Waals surface area contributed by atoms with E-state index in [1.54, 1.807) is 0 Å². The van der Waals surface area contributed by atoms with Crippen molar-refractivity contribution in [2.45, 2.75) is 45.1 Å². The lowest BCUT2D eigenvalue weighted by molar-refractivity contribution is 0.0971. The van der Waals surface area contributed by atoms with Gasteiger partial charge < -0.3 is 9.15 Å². The van der Waals surface area contributed by atoms with E-state index in [2.05, 4.69) is 44.2 Å². The van der Waals surface area contributed by atoms with Gasteiger partial charge in [0.2, 0.25) is 0 Å². The molecule has 3 aromatic rings. The van der Waals surface area contributed by atoms with Gasteiger partial charge in [-0.3, -0.25) is 0 Å². The van der Waals surface area contributed by atoms with Crippen LogP contribution in [0.5, 0.6) is 5.75 Å². The number of halogens is 1. The summed E-state index contributed by atoms with van der Waals surface area (Å²) in [6.45, 7) is 4.25. The maximum atomic E-state index is 6.10. The van der Waals surface area contributed by atoms with Crippen LogP contribution in [0.25, 0.3) is 0 Å². The highest BCUT2D eigenvalue weighted by molar-refractivity contribution is 6.30. The third kappa shape index (κ3) is 5.67. The van der Waals surface area contributed by atoms with Gasteiger partial charge in [0.15, 0.2) is 0 Å². The van der Waals surface area contributed by atoms with Crippen LogP contribution in [0.15, 0.2) is 71.3 Å². The zero-order valence-electron chi connectivity index (χ0n) is 15.4. The first kappa shape index (κ1) is 18.6. The first-order chi connectivity index (χ1) is 12.5. The van der Waals surface area contributed by atoms with Gasteiger partial charge in [-0.1, -0.05) is 41.9 Å². The van der Waals surface area contributed by atoms with E-state index >= 15 is 0 Å². The summed E-state index contributed by atoms with van der Waals surface area (Å²) in [5.74, 6) is 1.87. The van der Waals surface area contributed by atoms with Crippen LogP contribution < -0.4 is 4.74 Å². The van der Waals surface area contributed by atoms with Crippen molar-refractivity contribution in [3.8, 4) is 5.75 Å². The van der Waals surface area contributed by atoms with Crippen molar-refractivity contribution < 1.29 is 9.15 Å². The van der Waals surface area contributed by atoms with E-state index in [-0.39, 0.29) is 5.60 Å². The zero-order valence-corrected chi connectivity index (χ0v) is 16.1. The van der Waals surface area contributed by atoms with Gasteiger partial charge in [-0.25, -0.2) is 0 Å². The second-order valence-electron chi connectivity index (χ2n) is 7.25. The Labute approximate surface area is 160 Å². The first-order valence-electron chi connectivity index (χ1n) is 9.05. The standard InChI is InChI=1S/C23H25ClO2/c1-23(2,26-21-12-10-20(24)11-13-21)14-6-9-19-16-22(25-17-19)15-18-7-4-3-5-8-18/h3-5,7-8,10-13,16-17H,6,9,14-15H2,1-2H3. The molecule has 0 spiro atoms. The fourth-order valence-corrected chi connectivity index (χ4v) is 3.16. The molecule has 1 heterocycles. The number of ether oxygens (including phenoxy) is 1. The lowest BCUT2D eigenvalue weighted by atomic mass is 9.99. The molecule has 0 bridgehead atoms. The highest BCUT2D eigenvalue weighted by Crippen LogP contribution is 2.25. The Morgan fingerprint density at radius 1 is 0.962 bits per heavy atom. The molecule has 0 radical (unpaired) electrons. The Morgan fingerprint density at radius 3 is 2.42 bits per heavy atom. The van der Waals surface area contributed by atoms with Crippen LogP contribution >= 0.6 is 11.6 Å². The first-order valence-corrected chi connectivity index (χ1v) is 9.43. The van der Waals surface area contributed by atoms with Gasteiger partial charge in [0.05, 0.1) is 6.26 Å². The SMILES string of the molecule is CC(C)(CCCc1coc(Cc2ccccc2)c1)Oc1ccc(Cl)cc1. The Hall–Kier alpha value is -2.19. The lowest BCUT2D eigenvalue weighted by Gasteiger charge is -2.26. The molecule has 2 aromatic carbocycles. The van der Waals surface area contributed by atoms with E-state index in [1.807, 2.05) is 36.6 Å². The number of benzene rings is 2. The van der Waals surface area contributed by atoms with Crippen LogP contribution in [0.2, 0.25) is 5.02 Å². The van der Waals surface area contributed by atoms with Crippen LogP contribution in [0, 0.1) is 0 Å². The zero-order chi connectivity index (χ0) is 18.4. The molecule has 0 saturated carbocycles. The van der Waals surface area contributed by atoms with Crippen molar-refractivity contribution in [3.63, 3.8) is 0 Å². The Morgan fingerprint density at radius 2 is 1.69 bits per heavy atom. The molecule has 0 atom stereocenters. The van der Waals surface area contributed by atoms with E-state index in [4.69, 9.17) is 20.8 Å². The molecule has 0 aliphatic rings. The molecular formula is C23H25ClO2. The molecule has 26 heavy (non-hydrogen) atoms. The summed E-state index contributed by atoms with van der Waals surface area (Å²) < 4.78 is 11.8. The van der Waals surface area contributed by atoms with E-state index in [1.165, 1.54) is 11.1 Å². The highest BCUT2D eigenvalue weighted by atomic mass is 35.5. The Balaban J connectivity index is 1.47. The third-order valence-corrected chi connectivity index (χ3v) is 4.63. The minimum atomic E-state index is -0.218. The highest BCUT2D eigenvalue weighted by Gasteiger charge is 2.19. The molecule has 0 N–H and O–H groups in total. The monoisotopic (exact) mass is 368 g/mol. The minimum Gasteiger partial charge on any atom is -0.488 e. The third-order valence-electron chi connectivity index (χ3n) is 4.38.